The van der Waals surface area contributed by atoms with Crippen molar-refractivity contribution in [2.75, 3.05) is 14.2 Å². The molecule has 2 aromatic rings. The Kier molecular flexibility index (Phi) is 3.58. The van der Waals surface area contributed by atoms with E-state index < -0.39 is 6.10 Å². The van der Waals surface area contributed by atoms with Crippen molar-refractivity contribution in [3.63, 3.8) is 0 Å². The summed E-state index contributed by atoms with van der Waals surface area (Å²) < 4.78 is 15.8. The molecule has 0 saturated carbocycles. The molecule has 1 aromatic carbocycles. The second-order valence-electron chi connectivity index (χ2n) is 4.00. The molecule has 0 aliphatic rings. The van der Waals surface area contributed by atoms with Crippen molar-refractivity contribution in [2.24, 2.45) is 0 Å². The zero-order chi connectivity index (χ0) is 13.1. The lowest BCUT2D eigenvalue weighted by atomic mass is 10.0. The molecule has 0 fully saturated rings. The number of ether oxygens (including phenoxy) is 2. The summed E-state index contributed by atoms with van der Waals surface area (Å²) in [6.45, 7) is 1.94. The number of aryl methyl sites for hydroxylation is 1. The zero-order valence-corrected chi connectivity index (χ0v) is 10.6. The van der Waals surface area contributed by atoms with Gasteiger partial charge in [0.25, 0.3) is 0 Å². The van der Waals surface area contributed by atoms with Gasteiger partial charge in [-0.15, -0.1) is 0 Å². The normalized spacial score (nSPS) is 12.2. The maximum atomic E-state index is 10.3. The molecule has 0 amide bonds. The lowest BCUT2D eigenvalue weighted by Gasteiger charge is -2.17. The number of hydrogen-bond donors (Lipinski definition) is 1. The molecule has 1 aromatic heterocycles. The van der Waals surface area contributed by atoms with E-state index in [-0.39, 0.29) is 0 Å². The van der Waals surface area contributed by atoms with E-state index in [9.17, 15) is 5.11 Å². The van der Waals surface area contributed by atoms with Crippen molar-refractivity contribution < 1.29 is 19.0 Å². The van der Waals surface area contributed by atoms with Crippen LogP contribution in [0.15, 0.2) is 34.9 Å². The molecule has 4 heteroatoms. The van der Waals surface area contributed by atoms with Gasteiger partial charge in [0, 0.05) is 0 Å². The molecule has 4 nitrogen and oxygen atoms in total. The van der Waals surface area contributed by atoms with E-state index in [1.807, 2.05) is 19.1 Å². The van der Waals surface area contributed by atoms with E-state index in [1.54, 1.807) is 26.4 Å². The Labute approximate surface area is 106 Å². The number of furan rings is 1. The summed E-state index contributed by atoms with van der Waals surface area (Å²) in [4.78, 5) is 0. The highest BCUT2D eigenvalue weighted by Gasteiger charge is 2.23. The van der Waals surface area contributed by atoms with E-state index in [0.717, 1.165) is 5.56 Å². The number of hydrogen-bond acceptors (Lipinski definition) is 4. The first-order valence-corrected chi connectivity index (χ1v) is 5.61. The van der Waals surface area contributed by atoms with Gasteiger partial charge < -0.3 is 19.0 Å². The third kappa shape index (κ3) is 2.19. The Bertz CT molecular complexity index is 492. The molecular weight excluding hydrogens is 232 g/mol. The highest BCUT2D eigenvalue weighted by Crippen LogP contribution is 2.38. The minimum atomic E-state index is -0.912. The van der Waals surface area contributed by atoms with Crippen LogP contribution >= 0.6 is 0 Å². The summed E-state index contributed by atoms with van der Waals surface area (Å²) in [5, 5.41) is 10.3. The second kappa shape index (κ2) is 5.14. The van der Waals surface area contributed by atoms with Crippen LogP contribution in [0.3, 0.4) is 0 Å². The molecule has 0 aliphatic heterocycles. The van der Waals surface area contributed by atoms with Crippen LogP contribution in [-0.2, 0) is 0 Å². The minimum Gasteiger partial charge on any atom is -0.496 e. The van der Waals surface area contributed by atoms with Gasteiger partial charge in [-0.3, -0.25) is 0 Å². The first-order valence-electron chi connectivity index (χ1n) is 5.61. The summed E-state index contributed by atoms with van der Waals surface area (Å²) >= 11 is 0. The average Bonchev–Trinajstić information content (AvgIpc) is 2.90. The predicted octanol–water partition coefficient (Wildman–Crippen LogP) is 2.69. The molecule has 2 rings (SSSR count). The van der Waals surface area contributed by atoms with Gasteiger partial charge in [0.1, 0.15) is 23.4 Å². The van der Waals surface area contributed by atoms with Crippen molar-refractivity contribution >= 4 is 0 Å². The van der Waals surface area contributed by atoms with Gasteiger partial charge in [0.15, 0.2) is 0 Å². The predicted molar refractivity (Wildman–Crippen MR) is 67.1 cm³/mol. The first-order chi connectivity index (χ1) is 8.67. The van der Waals surface area contributed by atoms with Gasteiger partial charge in [0.2, 0.25) is 0 Å². The van der Waals surface area contributed by atoms with E-state index in [2.05, 4.69) is 0 Å². The lowest BCUT2D eigenvalue weighted by molar-refractivity contribution is 0.180. The van der Waals surface area contributed by atoms with Crippen LogP contribution in [0.25, 0.3) is 0 Å². The molecule has 1 atom stereocenters. The number of methoxy groups -OCH3 is 2. The Balaban J connectivity index is 2.54. The van der Waals surface area contributed by atoms with Gasteiger partial charge in [-0.25, -0.2) is 0 Å². The fourth-order valence-electron chi connectivity index (χ4n) is 1.93. The van der Waals surface area contributed by atoms with Gasteiger partial charge in [0.05, 0.1) is 26.0 Å². The molecule has 1 N–H and O–H groups in total. The fourth-order valence-corrected chi connectivity index (χ4v) is 1.93. The van der Waals surface area contributed by atoms with E-state index in [4.69, 9.17) is 13.9 Å². The molecule has 96 valence electrons. The Morgan fingerprint density at radius 1 is 1.17 bits per heavy atom. The number of rotatable bonds is 4. The summed E-state index contributed by atoms with van der Waals surface area (Å²) in [5.74, 6) is 1.61. The van der Waals surface area contributed by atoms with Crippen LogP contribution in [0.5, 0.6) is 11.5 Å². The van der Waals surface area contributed by atoms with Crippen molar-refractivity contribution in [1.29, 1.82) is 0 Å². The van der Waals surface area contributed by atoms with Crippen molar-refractivity contribution in [2.45, 2.75) is 13.0 Å². The largest absolute Gasteiger partial charge is 0.496 e. The van der Waals surface area contributed by atoms with E-state index in [1.165, 1.54) is 6.26 Å². The Morgan fingerprint density at radius 2 is 1.78 bits per heavy atom. The smallest absolute Gasteiger partial charge is 0.144 e. The third-order valence-electron chi connectivity index (χ3n) is 2.77. The zero-order valence-electron chi connectivity index (χ0n) is 10.6. The van der Waals surface area contributed by atoms with Crippen molar-refractivity contribution in [1.82, 2.24) is 0 Å². The van der Waals surface area contributed by atoms with Crippen LogP contribution in [0.2, 0.25) is 0 Å². The number of benzene rings is 1. The third-order valence-corrected chi connectivity index (χ3v) is 2.77. The van der Waals surface area contributed by atoms with E-state index >= 15 is 0 Å². The molecule has 0 aliphatic carbocycles. The molecule has 1 unspecified atom stereocenters. The first kappa shape index (κ1) is 12.5. The minimum absolute atomic E-state index is 0.454. The lowest BCUT2D eigenvalue weighted by Crippen LogP contribution is -2.04. The quantitative estimate of drug-likeness (QED) is 0.903. The van der Waals surface area contributed by atoms with Crippen LogP contribution in [0, 0.1) is 6.92 Å². The molecule has 0 saturated heterocycles. The molecule has 0 bridgehead atoms. The van der Waals surface area contributed by atoms with Gasteiger partial charge in [-0.1, -0.05) is 0 Å². The monoisotopic (exact) mass is 248 g/mol. The van der Waals surface area contributed by atoms with Crippen LogP contribution < -0.4 is 9.47 Å². The highest BCUT2D eigenvalue weighted by molar-refractivity contribution is 5.51. The fraction of sp³-hybridized carbons (Fsp3) is 0.286. The summed E-state index contributed by atoms with van der Waals surface area (Å²) in [6, 6.07) is 7.14. The van der Waals surface area contributed by atoms with E-state index in [0.29, 0.717) is 22.8 Å². The summed E-state index contributed by atoms with van der Waals surface area (Å²) in [6.07, 6.45) is 0.608. The standard InChI is InChI=1S/C14H16O4/c1-9-7-11(16-2)13(12(8-9)17-3)14(15)10-5-4-6-18-10/h4-8,14-15H,1-3H3. The highest BCUT2D eigenvalue weighted by atomic mass is 16.5. The van der Waals surface area contributed by atoms with Crippen LogP contribution in [0.4, 0.5) is 0 Å². The Morgan fingerprint density at radius 3 is 2.22 bits per heavy atom. The topological polar surface area (TPSA) is 51.8 Å². The maximum absolute atomic E-state index is 10.3. The SMILES string of the molecule is COc1cc(C)cc(OC)c1C(O)c1ccco1. The Hall–Kier alpha value is -1.94. The molecule has 18 heavy (non-hydrogen) atoms. The molecular formula is C14H16O4. The van der Waals surface area contributed by atoms with Gasteiger partial charge in [-0.2, -0.15) is 0 Å². The average molecular weight is 248 g/mol. The van der Waals surface area contributed by atoms with Crippen molar-refractivity contribution in [3.05, 3.63) is 47.4 Å². The van der Waals surface area contributed by atoms with Crippen LogP contribution in [-0.4, -0.2) is 19.3 Å². The molecule has 1 heterocycles. The van der Waals surface area contributed by atoms with Crippen molar-refractivity contribution in [3.8, 4) is 11.5 Å². The maximum Gasteiger partial charge on any atom is 0.144 e. The second-order valence-corrected chi connectivity index (χ2v) is 4.00. The summed E-state index contributed by atoms with van der Waals surface area (Å²) in [5.41, 5.74) is 1.57. The number of aliphatic hydroxyl groups excluding tert-OH is 1. The number of aliphatic hydroxyl groups is 1. The van der Waals surface area contributed by atoms with Crippen LogP contribution in [0.1, 0.15) is 23.0 Å². The van der Waals surface area contributed by atoms with Gasteiger partial charge in [-0.05, 0) is 36.8 Å². The summed E-state index contributed by atoms with van der Waals surface area (Å²) in [7, 11) is 3.12. The van der Waals surface area contributed by atoms with Gasteiger partial charge >= 0.3 is 0 Å². The molecule has 0 radical (unpaired) electrons. The molecule has 0 spiro atoms.